The lowest BCUT2D eigenvalue weighted by Crippen LogP contribution is -2.43. The zero-order valence-corrected chi connectivity index (χ0v) is 12.1. The Morgan fingerprint density at radius 2 is 2.25 bits per heavy atom. The van der Waals surface area contributed by atoms with E-state index in [1.807, 2.05) is 13.8 Å². The molecule has 1 rings (SSSR count). The topological polar surface area (TPSA) is 32.3 Å². The quantitative estimate of drug-likeness (QED) is 0.786. The minimum Gasteiger partial charge on any atom is -0.354 e. The second kappa shape index (κ2) is 6.60. The second-order valence-electron chi connectivity index (χ2n) is 4.82. The number of halogens is 1. The highest BCUT2D eigenvalue weighted by Gasteiger charge is 2.25. The molecular weight excluding hydrogens is 268 g/mol. The fourth-order valence-electron chi connectivity index (χ4n) is 2.16. The molecule has 2 atom stereocenters. The van der Waals surface area contributed by atoms with Gasteiger partial charge in [-0.2, -0.15) is 0 Å². The Morgan fingerprint density at radius 1 is 1.56 bits per heavy atom. The summed E-state index contributed by atoms with van der Waals surface area (Å²) in [7, 11) is 0. The van der Waals surface area contributed by atoms with Gasteiger partial charge in [0, 0.05) is 12.6 Å². The van der Waals surface area contributed by atoms with Crippen molar-refractivity contribution in [3.05, 3.63) is 0 Å². The molecule has 0 spiro atoms. The van der Waals surface area contributed by atoms with Crippen molar-refractivity contribution >= 4 is 21.8 Å². The van der Waals surface area contributed by atoms with Crippen molar-refractivity contribution in [1.82, 2.24) is 10.2 Å². The Morgan fingerprint density at radius 3 is 2.81 bits per heavy atom. The van der Waals surface area contributed by atoms with Crippen LogP contribution in [0.2, 0.25) is 0 Å². The van der Waals surface area contributed by atoms with E-state index in [2.05, 4.69) is 33.1 Å². The van der Waals surface area contributed by atoms with E-state index in [9.17, 15) is 4.79 Å². The van der Waals surface area contributed by atoms with Crippen LogP contribution in [0, 0.1) is 5.92 Å². The maximum absolute atomic E-state index is 11.8. The van der Waals surface area contributed by atoms with Gasteiger partial charge in [-0.3, -0.25) is 9.69 Å². The first kappa shape index (κ1) is 14.0. The number of rotatable bonds is 5. The van der Waals surface area contributed by atoms with Gasteiger partial charge < -0.3 is 5.32 Å². The van der Waals surface area contributed by atoms with Crippen LogP contribution < -0.4 is 5.32 Å². The first-order chi connectivity index (χ1) is 7.56. The largest absolute Gasteiger partial charge is 0.354 e. The summed E-state index contributed by atoms with van der Waals surface area (Å²) < 4.78 is 0. The molecule has 0 saturated carbocycles. The Hall–Kier alpha value is -0.0900. The van der Waals surface area contributed by atoms with Crippen molar-refractivity contribution < 1.29 is 4.79 Å². The second-order valence-corrected chi connectivity index (χ2v) is 5.80. The van der Waals surface area contributed by atoms with E-state index < -0.39 is 0 Å². The van der Waals surface area contributed by atoms with Crippen LogP contribution in [-0.4, -0.2) is 41.3 Å². The van der Waals surface area contributed by atoms with Crippen molar-refractivity contribution in [2.45, 2.75) is 44.5 Å². The van der Waals surface area contributed by atoms with E-state index in [1.54, 1.807) is 0 Å². The van der Waals surface area contributed by atoms with Gasteiger partial charge in [0.1, 0.15) is 0 Å². The molecule has 1 heterocycles. The molecule has 1 aliphatic heterocycles. The molecule has 94 valence electrons. The zero-order valence-electron chi connectivity index (χ0n) is 10.5. The van der Waals surface area contributed by atoms with Crippen molar-refractivity contribution in [2.24, 2.45) is 5.92 Å². The number of carbonyl (C=O) groups is 1. The van der Waals surface area contributed by atoms with E-state index in [4.69, 9.17) is 0 Å². The van der Waals surface area contributed by atoms with Crippen LogP contribution in [-0.2, 0) is 4.79 Å². The van der Waals surface area contributed by atoms with Crippen molar-refractivity contribution in [3.63, 3.8) is 0 Å². The number of amides is 1. The third kappa shape index (κ3) is 3.74. The number of alkyl halides is 1. The minimum atomic E-state index is -0.0658. The molecule has 2 unspecified atom stereocenters. The average Bonchev–Trinajstić information content (AvgIpc) is 2.71. The first-order valence-corrected chi connectivity index (χ1v) is 7.13. The van der Waals surface area contributed by atoms with Crippen LogP contribution in [0.25, 0.3) is 0 Å². The van der Waals surface area contributed by atoms with Crippen LogP contribution in [0.15, 0.2) is 0 Å². The monoisotopic (exact) mass is 290 g/mol. The van der Waals surface area contributed by atoms with E-state index >= 15 is 0 Å². The fraction of sp³-hybridized carbons (Fsp3) is 0.917. The third-order valence-electron chi connectivity index (χ3n) is 3.25. The Bertz CT molecular complexity index is 233. The summed E-state index contributed by atoms with van der Waals surface area (Å²) in [6.07, 6.45) is 2.47. The van der Waals surface area contributed by atoms with Crippen LogP contribution in [0.1, 0.15) is 33.6 Å². The van der Waals surface area contributed by atoms with Gasteiger partial charge in [0.2, 0.25) is 5.91 Å². The Kier molecular flexibility index (Phi) is 5.76. The molecule has 1 saturated heterocycles. The number of carbonyl (C=O) groups excluding carboxylic acids is 1. The Labute approximate surface area is 107 Å². The maximum Gasteiger partial charge on any atom is 0.234 e. The number of likely N-dealkylation sites (tertiary alicyclic amines) is 1. The highest BCUT2D eigenvalue weighted by Crippen LogP contribution is 2.16. The minimum absolute atomic E-state index is 0.0658. The predicted molar refractivity (Wildman–Crippen MR) is 70.8 cm³/mol. The summed E-state index contributed by atoms with van der Waals surface area (Å²) in [5, 5.41) is 3.04. The van der Waals surface area contributed by atoms with Crippen molar-refractivity contribution in [3.8, 4) is 0 Å². The van der Waals surface area contributed by atoms with E-state index in [0.717, 1.165) is 13.1 Å². The molecule has 1 amide bonds. The van der Waals surface area contributed by atoms with Gasteiger partial charge in [0.15, 0.2) is 0 Å². The van der Waals surface area contributed by atoms with Crippen molar-refractivity contribution in [1.29, 1.82) is 0 Å². The smallest absolute Gasteiger partial charge is 0.234 e. The van der Waals surface area contributed by atoms with Crippen LogP contribution in [0.4, 0.5) is 0 Å². The molecule has 0 aliphatic carbocycles. The molecule has 1 aliphatic rings. The molecule has 0 aromatic rings. The summed E-state index contributed by atoms with van der Waals surface area (Å²) >= 11 is 3.42. The molecule has 3 nitrogen and oxygen atoms in total. The molecule has 0 radical (unpaired) electrons. The highest BCUT2D eigenvalue weighted by atomic mass is 79.9. The lowest BCUT2D eigenvalue weighted by molar-refractivity contribution is -0.121. The Balaban J connectivity index is 2.31. The summed E-state index contributed by atoms with van der Waals surface area (Å²) in [5.41, 5.74) is 0. The SMILES string of the molecule is CCN1CCCC1CNC(=O)C(Br)C(C)C. The summed E-state index contributed by atoms with van der Waals surface area (Å²) in [6.45, 7) is 9.34. The van der Waals surface area contributed by atoms with Crippen LogP contribution in [0.3, 0.4) is 0 Å². The van der Waals surface area contributed by atoms with Gasteiger partial charge in [0.05, 0.1) is 4.83 Å². The lowest BCUT2D eigenvalue weighted by Gasteiger charge is -2.24. The van der Waals surface area contributed by atoms with Crippen molar-refractivity contribution in [2.75, 3.05) is 19.6 Å². The predicted octanol–water partition coefficient (Wildman–Crippen LogP) is 2.01. The molecule has 0 aromatic heterocycles. The number of nitrogens with zero attached hydrogens (tertiary/aromatic N) is 1. The first-order valence-electron chi connectivity index (χ1n) is 6.22. The molecule has 1 fully saturated rings. The summed E-state index contributed by atoms with van der Waals surface area (Å²) in [4.78, 5) is 14.1. The highest BCUT2D eigenvalue weighted by molar-refractivity contribution is 9.10. The number of hydrogen-bond donors (Lipinski definition) is 1. The molecule has 0 bridgehead atoms. The molecule has 4 heteroatoms. The summed E-state index contributed by atoms with van der Waals surface area (Å²) in [6, 6.07) is 0.542. The molecule has 1 N–H and O–H groups in total. The third-order valence-corrected chi connectivity index (χ3v) is 4.73. The number of nitrogens with one attached hydrogen (secondary N) is 1. The van der Waals surface area contributed by atoms with E-state index in [1.165, 1.54) is 19.4 Å². The van der Waals surface area contributed by atoms with E-state index in [-0.39, 0.29) is 10.7 Å². The van der Waals surface area contributed by atoms with Crippen LogP contribution in [0.5, 0.6) is 0 Å². The van der Waals surface area contributed by atoms with E-state index in [0.29, 0.717) is 12.0 Å². The van der Waals surface area contributed by atoms with Gasteiger partial charge in [-0.25, -0.2) is 0 Å². The maximum atomic E-state index is 11.8. The van der Waals surface area contributed by atoms with Gasteiger partial charge in [0.25, 0.3) is 0 Å². The molecule has 0 aromatic carbocycles. The average molecular weight is 291 g/mol. The number of likely N-dealkylation sites (N-methyl/N-ethyl adjacent to an activating group) is 1. The van der Waals surface area contributed by atoms with Gasteiger partial charge in [-0.05, 0) is 31.8 Å². The molecular formula is C12H23BrN2O. The molecule has 16 heavy (non-hydrogen) atoms. The number of hydrogen-bond acceptors (Lipinski definition) is 2. The van der Waals surface area contributed by atoms with Gasteiger partial charge in [-0.15, -0.1) is 0 Å². The summed E-state index contributed by atoms with van der Waals surface area (Å²) in [5.74, 6) is 0.462. The zero-order chi connectivity index (χ0) is 12.1. The normalized spacial score (nSPS) is 23.7. The van der Waals surface area contributed by atoms with Crippen LogP contribution >= 0.6 is 15.9 Å². The fourth-order valence-corrected chi connectivity index (χ4v) is 2.32. The lowest BCUT2D eigenvalue weighted by atomic mass is 10.1. The standard InChI is InChI=1S/C12H23BrN2O/c1-4-15-7-5-6-10(15)8-14-12(16)11(13)9(2)3/h9-11H,4-8H2,1-3H3,(H,14,16). The van der Waals surface area contributed by atoms with Gasteiger partial charge in [-0.1, -0.05) is 36.7 Å². The van der Waals surface area contributed by atoms with Gasteiger partial charge >= 0.3 is 0 Å².